The van der Waals surface area contributed by atoms with Gasteiger partial charge in [0.25, 0.3) is 5.22 Å². The predicted molar refractivity (Wildman–Crippen MR) is 92.3 cm³/mol. The van der Waals surface area contributed by atoms with Crippen LogP contribution in [0.4, 0.5) is 0 Å². The van der Waals surface area contributed by atoms with Gasteiger partial charge in [0.1, 0.15) is 0 Å². The van der Waals surface area contributed by atoms with Crippen molar-refractivity contribution in [1.82, 2.24) is 15.1 Å². The molecule has 0 fully saturated rings. The molecule has 1 aromatic carbocycles. The summed E-state index contributed by atoms with van der Waals surface area (Å²) in [4.78, 5) is 14.2. The first-order chi connectivity index (χ1) is 10.9. The second kappa shape index (κ2) is 7.64. The average Bonchev–Trinajstić information content (AvgIpc) is 2.93. The third-order valence-electron chi connectivity index (χ3n) is 3.50. The van der Waals surface area contributed by atoms with E-state index in [0.29, 0.717) is 16.9 Å². The van der Waals surface area contributed by atoms with E-state index in [9.17, 15) is 4.79 Å². The Kier molecular flexibility index (Phi) is 5.82. The molecule has 0 aliphatic carbocycles. The lowest BCUT2D eigenvalue weighted by molar-refractivity contribution is -0.131. The van der Waals surface area contributed by atoms with E-state index < -0.39 is 0 Å². The summed E-state index contributed by atoms with van der Waals surface area (Å²) >= 11 is 1.28. The number of benzene rings is 1. The number of hydrogen-bond acceptors (Lipinski definition) is 5. The SMILES string of the molecule is Cc1ccccc1-c1nnc(SCC(=O)N(C(C)C)C(C)C)o1. The van der Waals surface area contributed by atoms with Gasteiger partial charge >= 0.3 is 0 Å². The highest BCUT2D eigenvalue weighted by Crippen LogP contribution is 2.25. The van der Waals surface area contributed by atoms with Crippen LogP contribution < -0.4 is 0 Å². The van der Waals surface area contributed by atoms with Crippen molar-refractivity contribution in [3.05, 3.63) is 29.8 Å². The number of amides is 1. The van der Waals surface area contributed by atoms with Gasteiger partial charge in [0, 0.05) is 17.6 Å². The van der Waals surface area contributed by atoms with Gasteiger partial charge in [-0.05, 0) is 46.2 Å². The van der Waals surface area contributed by atoms with Gasteiger partial charge in [0.15, 0.2) is 0 Å². The van der Waals surface area contributed by atoms with E-state index in [1.54, 1.807) is 0 Å². The molecule has 1 heterocycles. The minimum Gasteiger partial charge on any atom is -0.411 e. The zero-order valence-electron chi connectivity index (χ0n) is 14.2. The van der Waals surface area contributed by atoms with Gasteiger partial charge in [-0.1, -0.05) is 30.0 Å². The topological polar surface area (TPSA) is 59.2 Å². The van der Waals surface area contributed by atoms with Crippen LogP contribution in [0.25, 0.3) is 11.5 Å². The lowest BCUT2D eigenvalue weighted by Crippen LogP contribution is -2.43. The fourth-order valence-electron chi connectivity index (χ4n) is 2.56. The monoisotopic (exact) mass is 333 g/mol. The van der Waals surface area contributed by atoms with Crippen molar-refractivity contribution in [3.63, 3.8) is 0 Å². The van der Waals surface area contributed by atoms with Crippen LogP contribution in [-0.4, -0.2) is 38.8 Å². The van der Waals surface area contributed by atoms with Gasteiger partial charge in [-0.2, -0.15) is 0 Å². The summed E-state index contributed by atoms with van der Waals surface area (Å²) in [5, 5.41) is 8.53. The van der Waals surface area contributed by atoms with Crippen molar-refractivity contribution in [1.29, 1.82) is 0 Å². The Labute approximate surface area is 141 Å². The van der Waals surface area contributed by atoms with Crippen molar-refractivity contribution < 1.29 is 9.21 Å². The number of carbonyl (C=O) groups excluding carboxylic acids is 1. The van der Waals surface area contributed by atoms with E-state index in [1.807, 2.05) is 63.8 Å². The molecule has 124 valence electrons. The Bertz CT molecular complexity index is 659. The zero-order valence-corrected chi connectivity index (χ0v) is 15.1. The molecule has 0 N–H and O–H groups in total. The van der Waals surface area contributed by atoms with E-state index in [2.05, 4.69) is 10.2 Å². The fraction of sp³-hybridized carbons (Fsp3) is 0.471. The molecule has 0 aliphatic heterocycles. The highest BCUT2D eigenvalue weighted by molar-refractivity contribution is 7.99. The van der Waals surface area contributed by atoms with Crippen LogP contribution in [0, 0.1) is 6.92 Å². The molecule has 1 aromatic heterocycles. The second-order valence-electron chi connectivity index (χ2n) is 5.97. The van der Waals surface area contributed by atoms with Crippen LogP contribution in [0.5, 0.6) is 0 Å². The number of nitrogens with zero attached hydrogens (tertiary/aromatic N) is 3. The third kappa shape index (κ3) is 4.34. The van der Waals surface area contributed by atoms with E-state index in [1.165, 1.54) is 11.8 Å². The first-order valence-corrected chi connectivity index (χ1v) is 8.72. The first-order valence-electron chi connectivity index (χ1n) is 7.73. The number of hydrogen-bond donors (Lipinski definition) is 0. The van der Waals surface area contributed by atoms with Crippen molar-refractivity contribution in [2.45, 2.75) is 51.9 Å². The standard InChI is InChI=1S/C17H23N3O2S/c1-11(2)20(12(3)4)15(21)10-23-17-19-18-16(22-17)14-9-7-6-8-13(14)5/h6-9,11-12H,10H2,1-5H3. The molecular formula is C17H23N3O2S. The van der Waals surface area contributed by atoms with Crippen LogP contribution in [0.2, 0.25) is 0 Å². The van der Waals surface area contributed by atoms with Crippen LogP contribution in [0.15, 0.2) is 33.9 Å². The number of carbonyl (C=O) groups is 1. The van der Waals surface area contributed by atoms with E-state index >= 15 is 0 Å². The maximum absolute atomic E-state index is 12.3. The molecule has 1 amide bonds. The van der Waals surface area contributed by atoms with Gasteiger partial charge in [-0.15, -0.1) is 10.2 Å². The normalized spacial score (nSPS) is 11.3. The van der Waals surface area contributed by atoms with Gasteiger partial charge in [-0.3, -0.25) is 4.79 Å². The van der Waals surface area contributed by atoms with Gasteiger partial charge in [-0.25, -0.2) is 0 Å². The molecule has 0 atom stereocenters. The first kappa shape index (κ1) is 17.5. The van der Waals surface area contributed by atoms with Crippen LogP contribution in [0.1, 0.15) is 33.3 Å². The minimum atomic E-state index is 0.0793. The molecule has 0 aliphatic rings. The van der Waals surface area contributed by atoms with Gasteiger partial charge in [0.2, 0.25) is 11.8 Å². The van der Waals surface area contributed by atoms with Crippen molar-refractivity contribution in [2.75, 3.05) is 5.75 Å². The average molecular weight is 333 g/mol. The number of thioether (sulfide) groups is 1. The van der Waals surface area contributed by atoms with E-state index in [4.69, 9.17) is 4.42 Å². The maximum atomic E-state index is 12.3. The molecule has 0 saturated carbocycles. The van der Waals surface area contributed by atoms with E-state index in [0.717, 1.165) is 11.1 Å². The molecule has 0 unspecified atom stereocenters. The smallest absolute Gasteiger partial charge is 0.277 e. The maximum Gasteiger partial charge on any atom is 0.277 e. The summed E-state index contributed by atoms with van der Waals surface area (Å²) in [6.07, 6.45) is 0. The number of aromatic nitrogens is 2. The molecule has 0 saturated heterocycles. The molecule has 23 heavy (non-hydrogen) atoms. The fourth-order valence-corrected chi connectivity index (χ4v) is 3.19. The Balaban J connectivity index is 2.03. The Morgan fingerprint density at radius 3 is 2.43 bits per heavy atom. The molecule has 5 nitrogen and oxygen atoms in total. The summed E-state index contributed by atoms with van der Waals surface area (Å²) in [7, 11) is 0. The third-order valence-corrected chi connectivity index (χ3v) is 4.30. The molecular weight excluding hydrogens is 310 g/mol. The van der Waals surface area contributed by atoms with Gasteiger partial charge in [0.05, 0.1) is 5.75 Å². The zero-order chi connectivity index (χ0) is 17.0. The highest BCUT2D eigenvalue weighted by Gasteiger charge is 2.21. The Morgan fingerprint density at radius 2 is 1.83 bits per heavy atom. The summed E-state index contributed by atoms with van der Waals surface area (Å²) < 4.78 is 5.67. The van der Waals surface area contributed by atoms with Crippen molar-refractivity contribution >= 4 is 17.7 Å². The quantitative estimate of drug-likeness (QED) is 0.753. The summed E-state index contributed by atoms with van der Waals surface area (Å²) in [5.74, 6) is 0.865. The van der Waals surface area contributed by atoms with Crippen LogP contribution >= 0.6 is 11.8 Å². The molecule has 2 aromatic rings. The van der Waals surface area contributed by atoms with Crippen molar-refractivity contribution in [2.24, 2.45) is 0 Å². The largest absolute Gasteiger partial charge is 0.411 e. The molecule has 0 spiro atoms. The van der Waals surface area contributed by atoms with E-state index in [-0.39, 0.29) is 18.0 Å². The summed E-state index contributed by atoms with van der Waals surface area (Å²) in [6.45, 7) is 10.1. The number of aryl methyl sites for hydroxylation is 1. The Morgan fingerprint density at radius 1 is 1.17 bits per heavy atom. The molecule has 6 heteroatoms. The molecule has 0 bridgehead atoms. The lowest BCUT2D eigenvalue weighted by atomic mass is 10.1. The van der Waals surface area contributed by atoms with Gasteiger partial charge < -0.3 is 9.32 Å². The summed E-state index contributed by atoms with van der Waals surface area (Å²) in [5.41, 5.74) is 2.00. The minimum absolute atomic E-state index is 0.0793. The Hall–Kier alpha value is -1.82. The van der Waals surface area contributed by atoms with Crippen molar-refractivity contribution in [3.8, 4) is 11.5 Å². The van der Waals surface area contributed by atoms with Crippen LogP contribution in [-0.2, 0) is 4.79 Å². The predicted octanol–water partition coefficient (Wildman–Crippen LogP) is 3.78. The summed E-state index contributed by atoms with van der Waals surface area (Å²) in [6, 6.07) is 8.20. The number of rotatable bonds is 6. The highest BCUT2D eigenvalue weighted by atomic mass is 32.2. The second-order valence-corrected chi connectivity index (χ2v) is 6.89. The van der Waals surface area contributed by atoms with Crippen LogP contribution in [0.3, 0.4) is 0 Å². The molecule has 2 rings (SSSR count). The lowest BCUT2D eigenvalue weighted by Gasteiger charge is -2.30. The molecule has 0 radical (unpaired) electrons.